The van der Waals surface area contributed by atoms with Crippen LogP contribution in [-0.4, -0.2) is 0 Å². The fourth-order valence-corrected chi connectivity index (χ4v) is 8.96. The van der Waals surface area contributed by atoms with Gasteiger partial charge in [-0.05, 0) is 91.8 Å². The molecule has 0 unspecified atom stereocenters. The van der Waals surface area contributed by atoms with Crippen LogP contribution in [0.2, 0.25) is 0 Å². The highest BCUT2D eigenvalue weighted by Crippen LogP contribution is 2.45. The smallest absolute Gasteiger partial charge is 0.0540 e. The van der Waals surface area contributed by atoms with Gasteiger partial charge in [0.05, 0.1) is 5.69 Å². The molecule has 2 heteroatoms. The summed E-state index contributed by atoms with van der Waals surface area (Å²) in [5.41, 5.74) is 10.6. The minimum atomic E-state index is 1.11. The molecule has 10 rings (SSSR count). The third kappa shape index (κ3) is 5.24. The van der Waals surface area contributed by atoms with Crippen LogP contribution in [0.4, 0.5) is 17.1 Å². The number of fused-ring (bicyclic) bond motifs is 6. The van der Waals surface area contributed by atoms with Crippen LogP contribution in [0.25, 0.3) is 75.1 Å². The van der Waals surface area contributed by atoms with Gasteiger partial charge in [0, 0.05) is 37.1 Å². The zero-order chi connectivity index (χ0) is 34.4. The third-order valence-electron chi connectivity index (χ3n) is 10.3. The highest BCUT2D eigenvalue weighted by molar-refractivity contribution is 7.26. The molecule has 0 atom stereocenters. The van der Waals surface area contributed by atoms with Gasteiger partial charge in [-0.25, -0.2) is 0 Å². The fourth-order valence-electron chi connectivity index (χ4n) is 7.72. The van der Waals surface area contributed by atoms with Gasteiger partial charge in [0.15, 0.2) is 0 Å². The summed E-state index contributed by atoms with van der Waals surface area (Å²) in [6.45, 7) is 0. The number of thiophene rings is 1. The quantitative estimate of drug-likeness (QED) is 0.158. The lowest BCUT2D eigenvalue weighted by Crippen LogP contribution is -2.11. The van der Waals surface area contributed by atoms with Crippen LogP contribution >= 0.6 is 11.3 Å². The highest BCUT2D eigenvalue weighted by Gasteiger charge is 2.20. The predicted octanol–water partition coefficient (Wildman–Crippen LogP) is 14.8. The lowest BCUT2D eigenvalue weighted by molar-refractivity contribution is 1.29. The standard InChI is InChI=1S/C50H33NS/c1-3-12-34(13-4-1)38-26-31-48(47(33-38)35-14-5-2-6-15-35)51(41-29-30-43-39(32-41)23-22-36-16-7-8-17-42(36)43)40-27-24-37(25-28-40)44-19-11-20-46-45-18-9-10-21-49(45)52-50(44)46/h1-33H. The maximum Gasteiger partial charge on any atom is 0.0540 e. The fraction of sp³-hybridized carbons (Fsp3) is 0. The number of anilines is 3. The van der Waals surface area contributed by atoms with Gasteiger partial charge in [-0.1, -0.05) is 158 Å². The number of benzene rings is 9. The van der Waals surface area contributed by atoms with Gasteiger partial charge in [-0.3, -0.25) is 0 Å². The third-order valence-corrected chi connectivity index (χ3v) is 11.5. The van der Waals surface area contributed by atoms with E-state index in [1.54, 1.807) is 0 Å². The molecule has 9 aromatic carbocycles. The highest BCUT2D eigenvalue weighted by atomic mass is 32.1. The van der Waals surface area contributed by atoms with Crippen molar-refractivity contribution in [2.24, 2.45) is 0 Å². The van der Waals surface area contributed by atoms with E-state index in [1.165, 1.54) is 75.1 Å². The van der Waals surface area contributed by atoms with E-state index in [2.05, 4.69) is 205 Å². The summed E-state index contributed by atoms with van der Waals surface area (Å²) >= 11 is 1.88. The van der Waals surface area contributed by atoms with Gasteiger partial charge >= 0.3 is 0 Å². The molecule has 0 bridgehead atoms. The molecule has 0 saturated carbocycles. The average molecular weight is 680 g/mol. The zero-order valence-electron chi connectivity index (χ0n) is 28.4. The van der Waals surface area contributed by atoms with Gasteiger partial charge in [-0.2, -0.15) is 0 Å². The minimum Gasteiger partial charge on any atom is -0.310 e. The van der Waals surface area contributed by atoms with E-state index in [0.29, 0.717) is 0 Å². The summed E-state index contributed by atoms with van der Waals surface area (Å²) in [4.78, 5) is 2.43. The maximum absolute atomic E-state index is 2.43. The van der Waals surface area contributed by atoms with E-state index in [4.69, 9.17) is 0 Å². The second kappa shape index (κ2) is 12.7. The first-order valence-corrected chi connectivity index (χ1v) is 18.6. The van der Waals surface area contributed by atoms with Gasteiger partial charge in [0.1, 0.15) is 0 Å². The van der Waals surface area contributed by atoms with E-state index in [-0.39, 0.29) is 0 Å². The maximum atomic E-state index is 2.43. The van der Waals surface area contributed by atoms with E-state index in [0.717, 1.165) is 17.1 Å². The number of hydrogen-bond acceptors (Lipinski definition) is 2. The van der Waals surface area contributed by atoms with Crippen molar-refractivity contribution in [3.05, 3.63) is 200 Å². The molecule has 52 heavy (non-hydrogen) atoms. The molecular formula is C50H33NS. The van der Waals surface area contributed by atoms with Crippen molar-refractivity contribution in [1.29, 1.82) is 0 Å². The van der Waals surface area contributed by atoms with Crippen molar-refractivity contribution in [2.75, 3.05) is 4.90 Å². The van der Waals surface area contributed by atoms with Crippen LogP contribution in [0.1, 0.15) is 0 Å². The molecule has 244 valence electrons. The normalized spacial score (nSPS) is 11.5. The Kier molecular flexibility index (Phi) is 7.41. The largest absolute Gasteiger partial charge is 0.310 e. The molecule has 0 amide bonds. The Labute approximate surface area is 307 Å². The monoisotopic (exact) mass is 679 g/mol. The Morgan fingerprint density at radius 1 is 0.327 bits per heavy atom. The molecule has 1 nitrogen and oxygen atoms in total. The van der Waals surface area contributed by atoms with E-state index < -0.39 is 0 Å². The SMILES string of the molecule is c1ccc(-c2ccc(N(c3ccc(-c4cccc5c4sc4ccccc45)cc3)c3ccc4c(ccc5ccccc54)c3)c(-c3ccccc3)c2)cc1. The molecule has 10 aromatic rings. The Balaban J connectivity index is 1.17. The summed E-state index contributed by atoms with van der Waals surface area (Å²) < 4.78 is 2.65. The number of rotatable bonds is 6. The van der Waals surface area contributed by atoms with Gasteiger partial charge in [0.2, 0.25) is 0 Å². The van der Waals surface area contributed by atoms with Crippen molar-refractivity contribution >= 4 is 70.1 Å². The van der Waals surface area contributed by atoms with Gasteiger partial charge in [-0.15, -0.1) is 11.3 Å². The van der Waals surface area contributed by atoms with Crippen molar-refractivity contribution in [3.8, 4) is 33.4 Å². The second-order valence-corrected chi connectivity index (χ2v) is 14.4. The number of nitrogens with zero attached hydrogens (tertiary/aromatic N) is 1. The molecule has 1 aromatic heterocycles. The van der Waals surface area contributed by atoms with E-state index >= 15 is 0 Å². The molecule has 0 aliphatic rings. The Bertz CT molecular complexity index is 2890. The summed E-state index contributed by atoms with van der Waals surface area (Å²) in [5, 5.41) is 7.65. The van der Waals surface area contributed by atoms with Gasteiger partial charge < -0.3 is 4.90 Å². The van der Waals surface area contributed by atoms with Crippen molar-refractivity contribution in [3.63, 3.8) is 0 Å². The first-order valence-electron chi connectivity index (χ1n) is 17.8. The van der Waals surface area contributed by atoms with E-state index in [9.17, 15) is 0 Å². The first kappa shape index (κ1) is 30.4. The molecule has 0 aliphatic carbocycles. The molecule has 0 aliphatic heterocycles. The molecule has 0 fully saturated rings. The molecule has 1 heterocycles. The second-order valence-electron chi connectivity index (χ2n) is 13.3. The lowest BCUT2D eigenvalue weighted by Gasteiger charge is -2.29. The van der Waals surface area contributed by atoms with E-state index in [1.807, 2.05) is 11.3 Å². The molecular weight excluding hydrogens is 647 g/mol. The predicted molar refractivity (Wildman–Crippen MR) is 225 cm³/mol. The molecule has 0 saturated heterocycles. The van der Waals surface area contributed by atoms with Crippen LogP contribution in [0.5, 0.6) is 0 Å². The van der Waals surface area contributed by atoms with Gasteiger partial charge in [0.25, 0.3) is 0 Å². The molecule has 0 spiro atoms. The first-order chi connectivity index (χ1) is 25.8. The van der Waals surface area contributed by atoms with Crippen LogP contribution < -0.4 is 4.90 Å². The topological polar surface area (TPSA) is 3.24 Å². The lowest BCUT2D eigenvalue weighted by atomic mass is 9.95. The Morgan fingerprint density at radius 2 is 0.942 bits per heavy atom. The van der Waals surface area contributed by atoms with Crippen LogP contribution in [0.3, 0.4) is 0 Å². The number of hydrogen-bond donors (Lipinski definition) is 0. The van der Waals surface area contributed by atoms with Crippen LogP contribution in [-0.2, 0) is 0 Å². The van der Waals surface area contributed by atoms with Crippen molar-refractivity contribution in [1.82, 2.24) is 0 Å². The van der Waals surface area contributed by atoms with Crippen LogP contribution in [0.15, 0.2) is 200 Å². The Hall–Kier alpha value is -6.48. The summed E-state index contributed by atoms with van der Waals surface area (Å²) in [7, 11) is 0. The average Bonchev–Trinajstić information content (AvgIpc) is 3.61. The molecule has 0 radical (unpaired) electrons. The van der Waals surface area contributed by atoms with Crippen molar-refractivity contribution < 1.29 is 0 Å². The Morgan fingerprint density at radius 3 is 1.77 bits per heavy atom. The minimum absolute atomic E-state index is 1.11. The zero-order valence-corrected chi connectivity index (χ0v) is 29.2. The van der Waals surface area contributed by atoms with Crippen molar-refractivity contribution in [2.45, 2.75) is 0 Å². The summed E-state index contributed by atoms with van der Waals surface area (Å²) in [6.07, 6.45) is 0. The molecule has 0 N–H and O–H groups in total. The van der Waals surface area contributed by atoms with Crippen LogP contribution in [0, 0.1) is 0 Å². The summed E-state index contributed by atoms with van der Waals surface area (Å²) in [5.74, 6) is 0. The summed E-state index contributed by atoms with van der Waals surface area (Å²) in [6, 6.07) is 73.0.